The quantitative estimate of drug-likeness (QED) is 0.781. The highest BCUT2D eigenvalue weighted by molar-refractivity contribution is 5.87. The van der Waals surface area contributed by atoms with Crippen LogP contribution in [0.15, 0.2) is 21.3 Å². The fourth-order valence-electron chi connectivity index (χ4n) is 1.86. The van der Waals surface area contributed by atoms with Crippen LogP contribution >= 0.6 is 0 Å². The SMILES string of the molecule is COc1cc2oc(=O)c(C)c(OC)c2cc1OC. The molecule has 2 rings (SSSR count). The molecule has 18 heavy (non-hydrogen) atoms. The van der Waals surface area contributed by atoms with E-state index in [0.717, 1.165) is 0 Å². The molecular weight excluding hydrogens is 236 g/mol. The van der Waals surface area contributed by atoms with Crippen molar-refractivity contribution in [1.82, 2.24) is 0 Å². The Morgan fingerprint density at radius 1 is 1.00 bits per heavy atom. The minimum Gasteiger partial charge on any atom is -0.495 e. The molecule has 0 amide bonds. The van der Waals surface area contributed by atoms with Gasteiger partial charge in [-0.2, -0.15) is 0 Å². The molecule has 0 spiro atoms. The first-order valence-electron chi connectivity index (χ1n) is 5.35. The lowest BCUT2D eigenvalue weighted by atomic mass is 10.1. The Morgan fingerprint density at radius 3 is 2.17 bits per heavy atom. The molecule has 0 fully saturated rings. The standard InChI is InChI=1S/C13H14O5/c1-7-12(17-4)8-5-10(15-2)11(16-3)6-9(8)18-13(7)14/h5-6H,1-4H3. The number of hydrogen-bond donors (Lipinski definition) is 0. The van der Waals surface area contributed by atoms with Crippen LogP contribution in [-0.4, -0.2) is 21.3 Å². The zero-order valence-corrected chi connectivity index (χ0v) is 10.7. The van der Waals surface area contributed by atoms with E-state index in [1.807, 2.05) is 0 Å². The molecule has 0 unspecified atom stereocenters. The summed E-state index contributed by atoms with van der Waals surface area (Å²) in [5.74, 6) is 1.54. The van der Waals surface area contributed by atoms with E-state index in [2.05, 4.69) is 0 Å². The average Bonchev–Trinajstić information content (AvgIpc) is 2.39. The van der Waals surface area contributed by atoms with Crippen molar-refractivity contribution < 1.29 is 18.6 Å². The Kier molecular flexibility index (Phi) is 3.14. The van der Waals surface area contributed by atoms with Crippen LogP contribution in [0.3, 0.4) is 0 Å². The highest BCUT2D eigenvalue weighted by Crippen LogP contribution is 2.36. The molecule has 1 heterocycles. The van der Waals surface area contributed by atoms with Crippen molar-refractivity contribution in [3.05, 3.63) is 28.1 Å². The predicted molar refractivity (Wildman–Crippen MR) is 66.9 cm³/mol. The first-order chi connectivity index (χ1) is 8.62. The summed E-state index contributed by atoms with van der Waals surface area (Å²) < 4.78 is 20.8. The largest absolute Gasteiger partial charge is 0.495 e. The van der Waals surface area contributed by atoms with Crippen molar-refractivity contribution >= 4 is 11.0 Å². The van der Waals surface area contributed by atoms with Crippen LogP contribution in [0.4, 0.5) is 0 Å². The lowest BCUT2D eigenvalue weighted by Gasteiger charge is -2.11. The third-order valence-corrected chi connectivity index (χ3v) is 2.78. The Hall–Kier alpha value is -2.17. The first-order valence-corrected chi connectivity index (χ1v) is 5.35. The maximum absolute atomic E-state index is 11.6. The number of benzene rings is 1. The number of fused-ring (bicyclic) bond motifs is 1. The molecule has 1 aromatic carbocycles. The minimum absolute atomic E-state index is 0.403. The summed E-state index contributed by atoms with van der Waals surface area (Å²) in [7, 11) is 4.58. The molecule has 0 N–H and O–H groups in total. The van der Waals surface area contributed by atoms with E-state index >= 15 is 0 Å². The topological polar surface area (TPSA) is 57.9 Å². The normalized spacial score (nSPS) is 10.4. The molecule has 0 atom stereocenters. The van der Waals surface area contributed by atoms with Gasteiger partial charge in [-0.15, -0.1) is 0 Å². The van der Waals surface area contributed by atoms with Crippen LogP contribution < -0.4 is 19.8 Å². The maximum Gasteiger partial charge on any atom is 0.342 e. The number of ether oxygens (including phenoxy) is 3. The van der Waals surface area contributed by atoms with Gasteiger partial charge in [0.25, 0.3) is 0 Å². The van der Waals surface area contributed by atoms with Gasteiger partial charge in [-0.3, -0.25) is 0 Å². The van der Waals surface area contributed by atoms with Gasteiger partial charge in [-0.1, -0.05) is 0 Å². The van der Waals surface area contributed by atoms with Gasteiger partial charge in [0.15, 0.2) is 11.5 Å². The summed E-state index contributed by atoms with van der Waals surface area (Å²) in [4.78, 5) is 11.6. The second-order valence-corrected chi connectivity index (χ2v) is 3.75. The summed E-state index contributed by atoms with van der Waals surface area (Å²) in [5, 5.41) is 0.673. The molecule has 0 aliphatic rings. The van der Waals surface area contributed by atoms with Crippen molar-refractivity contribution in [1.29, 1.82) is 0 Å². The summed E-state index contributed by atoms with van der Waals surface area (Å²) in [5.41, 5.74) is 0.406. The van der Waals surface area contributed by atoms with Crippen molar-refractivity contribution in [2.75, 3.05) is 21.3 Å². The number of rotatable bonds is 3. The Bertz CT molecular complexity index is 642. The lowest BCUT2D eigenvalue weighted by molar-refractivity contribution is 0.354. The Labute approximate surface area is 104 Å². The molecule has 0 saturated carbocycles. The van der Waals surface area contributed by atoms with Crippen molar-refractivity contribution in [3.63, 3.8) is 0 Å². The molecule has 1 aromatic heterocycles. The molecule has 2 aromatic rings. The van der Waals surface area contributed by atoms with Crippen molar-refractivity contribution in [3.8, 4) is 17.2 Å². The lowest BCUT2D eigenvalue weighted by Crippen LogP contribution is -2.06. The summed E-state index contributed by atoms with van der Waals surface area (Å²) in [6.07, 6.45) is 0. The second kappa shape index (κ2) is 4.60. The number of hydrogen-bond acceptors (Lipinski definition) is 5. The van der Waals surface area contributed by atoms with Crippen LogP contribution in [-0.2, 0) is 0 Å². The molecule has 5 nitrogen and oxygen atoms in total. The van der Waals surface area contributed by atoms with E-state index in [9.17, 15) is 4.79 Å². The van der Waals surface area contributed by atoms with Gasteiger partial charge >= 0.3 is 5.63 Å². The van der Waals surface area contributed by atoms with E-state index in [1.165, 1.54) is 14.2 Å². The van der Waals surface area contributed by atoms with Gasteiger partial charge in [-0.25, -0.2) is 4.79 Å². The Morgan fingerprint density at radius 2 is 1.61 bits per heavy atom. The van der Waals surface area contributed by atoms with Gasteiger partial charge in [0.2, 0.25) is 0 Å². The highest BCUT2D eigenvalue weighted by Gasteiger charge is 2.15. The van der Waals surface area contributed by atoms with Crippen LogP contribution in [0.25, 0.3) is 11.0 Å². The van der Waals surface area contributed by atoms with Gasteiger partial charge in [-0.05, 0) is 13.0 Å². The minimum atomic E-state index is -0.424. The van der Waals surface area contributed by atoms with Gasteiger partial charge in [0.05, 0.1) is 32.3 Å². The molecule has 0 bridgehead atoms. The molecular formula is C13H14O5. The van der Waals surface area contributed by atoms with E-state index in [4.69, 9.17) is 18.6 Å². The molecule has 0 aliphatic carbocycles. The van der Waals surface area contributed by atoms with Crippen molar-refractivity contribution in [2.24, 2.45) is 0 Å². The van der Waals surface area contributed by atoms with E-state index in [1.54, 1.807) is 26.2 Å². The van der Waals surface area contributed by atoms with Crippen LogP contribution in [0.2, 0.25) is 0 Å². The van der Waals surface area contributed by atoms with E-state index in [-0.39, 0.29) is 0 Å². The van der Waals surface area contributed by atoms with Gasteiger partial charge in [0, 0.05) is 6.07 Å². The average molecular weight is 250 g/mol. The highest BCUT2D eigenvalue weighted by atomic mass is 16.5. The van der Waals surface area contributed by atoms with Crippen LogP contribution in [0.1, 0.15) is 5.56 Å². The Balaban J connectivity index is 2.88. The smallest absolute Gasteiger partial charge is 0.342 e. The summed E-state index contributed by atoms with van der Waals surface area (Å²) in [6, 6.07) is 3.33. The van der Waals surface area contributed by atoms with Gasteiger partial charge < -0.3 is 18.6 Å². The third kappa shape index (κ3) is 1.77. The maximum atomic E-state index is 11.6. The zero-order valence-electron chi connectivity index (χ0n) is 10.7. The fraction of sp³-hybridized carbons (Fsp3) is 0.308. The number of methoxy groups -OCH3 is 3. The fourth-order valence-corrected chi connectivity index (χ4v) is 1.86. The molecule has 5 heteroatoms. The summed E-state index contributed by atoms with van der Waals surface area (Å²) in [6.45, 7) is 1.65. The summed E-state index contributed by atoms with van der Waals surface area (Å²) >= 11 is 0. The van der Waals surface area contributed by atoms with Crippen LogP contribution in [0.5, 0.6) is 17.2 Å². The molecule has 0 saturated heterocycles. The first kappa shape index (κ1) is 12.3. The van der Waals surface area contributed by atoms with Crippen LogP contribution in [0, 0.1) is 6.92 Å². The zero-order chi connectivity index (χ0) is 13.3. The third-order valence-electron chi connectivity index (χ3n) is 2.78. The molecule has 0 aliphatic heterocycles. The van der Waals surface area contributed by atoms with E-state index < -0.39 is 5.63 Å². The monoisotopic (exact) mass is 250 g/mol. The predicted octanol–water partition coefficient (Wildman–Crippen LogP) is 2.13. The van der Waals surface area contributed by atoms with Crippen molar-refractivity contribution in [2.45, 2.75) is 6.92 Å². The van der Waals surface area contributed by atoms with Gasteiger partial charge in [0.1, 0.15) is 11.3 Å². The second-order valence-electron chi connectivity index (χ2n) is 3.75. The molecule has 96 valence electrons. The van der Waals surface area contributed by atoms with E-state index in [0.29, 0.717) is 33.8 Å². The molecule has 0 radical (unpaired) electrons.